The van der Waals surface area contributed by atoms with Gasteiger partial charge in [0.05, 0.1) is 12.3 Å². The Kier molecular flexibility index (Phi) is 4.65. The summed E-state index contributed by atoms with van der Waals surface area (Å²) in [6.45, 7) is 6.31. The summed E-state index contributed by atoms with van der Waals surface area (Å²) in [6, 6.07) is 11.5. The van der Waals surface area contributed by atoms with Crippen molar-refractivity contribution in [2.24, 2.45) is 5.92 Å². The van der Waals surface area contributed by atoms with Gasteiger partial charge in [0, 0.05) is 19.2 Å². The molecule has 3 rings (SSSR count). The van der Waals surface area contributed by atoms with Crippen LogP contribution in [0.3, 0.4) is 0 Å². The highest BCUT2D eigenvalue weighted by molar-refractivity contribution is 5.92. The van der Waals surface area contributed by atoms with Crippen LogP contribution in [-0.4, -0.2) is 40.3 Å². The molecule has 1 amide bonds. The first-order valence-corrected chi connectivity index (χ1v) is 8.26. The number of rotatable bonds is 4. The number of amides is 1. The minimum Gasteiger partial charge on any atom is -0.478 e. The van der Waals surface area contributed by atoms with E-state index in [0.29, 0.717) is 24.1 Å². The molecule has 0 atom stereocenters. The average Bonchev–Trinajstić information content (AvgIpc) is 3.00. The number of hydrogen-bond acceptors (Lipinski definition) is 3. The lowest BCUT2D eigenvalue weighted by atomic mass is 9.99. The van der Waals surface area contributed by atoms with E-state index in [-0.39, 0.29) is 5.91 Å². The first kappa shape index (κ1) is 15.6. The quantitative estimate of drug-likeness (QED) is 0.871. The molecule has 5 nitrogen and oxygen atoms in total. The molecule has 0 saturated carbocycles. The van der Waals surface area contributed by atoms with Crippen LogP contribution in [0.15, 0.2) is 36.4 Å². The van der Waals surface area contributed by atoms with Crippen molar-refractivity contribution in [2.45, 2.75) is 26.7 Å². The molecule has 2 aromatic rings. The molecule has 122 valence electrons. The smallest absolute Gasteiger partial charge is 0.274 e. The number of para-hydroxylation sites is 1. The molecule has 0 spiro atoms. The van der Waals surface area contributed by atoms with Crippen LogP contribution in [0.2, 0.25) is 0 Å². The fourth-order valence-electron chi connectivity index (χ4n) is 2.85. The summed E-state index contributed by atoms with van der Waals surface area (Å²) in [5.74, 6) is 1.29. The minimum absolute atomic E-state index is 0.00691. The standard InChI is InChI=1S/C18H23N3O2/c1-3-23-17-13-16(18(22)20-11-9-14(2)10-12-20)19-21(17)15-7-5-4-6-8-15/h4-8,13-14H,3,9-12H2,1-2H3. The molecule has 1 saturated heterocycles. The Bertz CT molecular complexity index is 658. The van der Waals surface area contributed by atoms with Gasteiger partial charge in [-0.3, -0.25) is 4.79 Å². The van der Waals surface area contributed by atoms with Crippen LogP contribution < -0.4 is 4.74 Å². The minimum atomic E-state index is -0.00691. The molecule has 5 heteroatoms. The lowest BCUT2D eigenvalue weighted by Gasteiger charge is -2.29. The number of hydrogen-bond donors (Lipinski definition) is 0. The first-order chi connectivity index (χ1) is 11.2. The van der Waals surface area contributed by atoms with Crippen LogP contribution in [0.5, 0.6) is 5.88 Å². The summed E-state index contributed by atoms with van der Waals surface area (Å²) in [5.41, 5.74) is 1.34. The number of likely N-dealkylation sites (tertiary alicyclic amines) is 1. The SMILES string of the molecule is CCOc1cc(C(=O)N2CCC(C)CC2)nn1-c1ccccc1. The maximum atomic E-state index is 12.7. The Morgan fingerprint density at radius 3 is 2.61 bits per heavy atom. The fourth-order valence-corrected chi connectivity index (χ4v) is 2.85. The molecular weight excluding hydrogens is 290 g/mol. The van der Waals surface area contributed by atoms with Crippen molar-refractivity contribution < 1.29 is 9.53 Å². The maximum Gasteiger partial charge on any atom is 0.274 e. The van der Waals surface area contributed by atoms with E-state index >= 15 is 0 Å². The molecule has 1 aromatic carbocycles. The second kappa shape index (κ2) is 6.86. The second-order valence-corrected chi connectivity index (χ2v) is 6.02. The Balaban J connectivity index is 1.87. The van der Waals surface area contributed by atoms with Crippen molar-refractivity contribution in [1.82, 2.24) is 14.7 Å². The summed E-state index contributed by atoms with van der Waals surface area (Å²) < 4.78 is 7.35. The van der Waals surface area contributed by atoms with Gasteiger partial charge in [-0.15, -0.1) is 0 Å². The van der Waals surface area contributed by atoms with Crippen LogP contribution >= 0.6 is 0 Å². The van der Waals surface area contributed by atoms with Crippen molar-refractivity contribution in [3.05, 3.63) is 42.1 Å². The molecule has 23 heavy (non-hydrogen) atoms. The van der Waals surface area contributed by atoms with Crippen molar-refractivity contribution in [3.63, 3.8) is 0 Å². The van der Waals surface area contributed by atoms with E-state index in [9.17, 15) is 4.79 Å². The Morgan fingerprint density at radius 2 is 1.96 bits per heavy atom. The van der Waals surface area contributed by atoms with Gasteiger partial charge in [-0.1, -0.05) is 25.1 Å². The highest BCUT2D eigenvalue weighted by Gasteiger charge is 2.24. The molecule has 0 bridgehead atoms. The number of carbonyl (C=O) groups excluding carboxylic acids is 1. The summed E-state index contributed by atoms with van der Waals surface area (Å²) in [5, 5.41) is 4.49. The summed E-state index contributed by atoms with van der Waals surface area (Å²) in [4.78, 5) is 14.6. The van der Waals surface area contributed by atoms with Gasteiger partial charge in [0.2, 0.25) is 5.88 Å². The van der Waals surface area contributed by atoms with Gasteiger partial charge in [-0.25, -0.2) is 4.68 Å². The number of benzene rings is 1. The monoisotopic (exact) mass is 313 g/mol. The van der Waals surface area contributed by atoms with Crippen molar-refractivity contribution in [3.8, 4) is 11.6 Å². The summed E-state index contributed by atoms with van der Waals surface area (Å²) >= 11 is 0. The Hall–Kier alpha value is -2.30. The number of nitrogens with zero attached hydrogens (tertiary/aromatic N) is 3. The van der Waals surface area contributed by atoms with Gasteiger partial charge < -0.3 is 9.64 Å². The zero-order valence-corrected chi connectivity index (χ0v) is 13.7. The normalized spacial score (nSPS) is 15.7. The molecule has 0 aliphatic carbocycles. The molecular formula is C18H23N3O2. The molecule has 1 aliphatic rings. The third-order valence-electron chi connectivity index (χ3n) is 4.26. The fraction of sp³-hybridized carbons (Fsp3) is 0.444. The molecule has 1 aromatic heterocycles. The highest BCUT2D eigenvalue weighted by Crippen LogP contribution is 2.22. The van der Waals surface area contributed by atoms with Crippen molar-refractivity contribution in [2.75, 3.05) is 19.7 Å². The number of aromatic nitrogens is 2. The predicted octanol–water partition coefficient (Wildman–Crippen LogP) is 3.14. The van der Waals surface area contributed by atoms with Crippen LogP contribution in [-0.2, 0) is 0 Å². The van der Waals surface area contributed by atoms with E-state index in [1.165, 1.54) is 0 Å². The van der Waals surface area contributed by atoms with Crippen LogP contribution in [0.25, 0.3) is 5.69 Å². The van der Waals surface area contributed by atoms with Gasteiger partial charge >= 0.3 is 0 Å². The van der Waals surface area contributed by atoms with E-state index in [1.54, 1.807) is 10.7 Å². The summed E-state index contributed by atoms with van der Waals surface area (Å²) in [7, 11) is 0. The van der Waals surface area contributed by atoms with Crippen molar-refractivity contribution >= 4 is 5.91 Å². The van der Waals surface area contributed by atoms with Gasteiger partial charge in [0.25, 0.3) is 5.91 Å². The lowest BCUT2D eigenvalue weighted by Crippen LogP contribution is -2.38. The molecule has 0 unspecified atom stereocenters. The molecule has 1 aliphatic heterocycles. The lowest BCUT2D eigenvalue weighted by molar-refractivity contribution is 0.0690. The van der Waals surface area contributed by atoms with E-state index in [0.717, 1.165) is 31.6 Å². The van der Waals surface area contributed by atoms with Crippen LogP contribution in [0.4, 0.5) is 0 Å². The van der Waals surface area contributed by atoms with Crippen LogP contribution in [0.1, 0.15) is 37.2 Å². The van der Waals surface area contributed by atoms with E-state index < -0.39 is 0 Å². The zero-order valence-electron chi connectivity index (χ0n) is 13.7. The molecule has 1 fully saturated rings. The molecule has 2 heterocycles. The molecule has 0 N–H and O–H groups in total. The number of carbonyl (C=O) groups is 1. The van der Waals surface area contributed by atoms with Gasteiger partial charge in [0.15, 0.2) is 5.69 Å². The Morgan fingerprint density at radius 1 is 1.26 bits per heavy atom. The maximum absolute atomic E-state index is 12.7. The summed E-state index contributed by atoms with van der Waals surface area (Å²) in [6.07, 6.45) is 2.12. The van der Waals surface area contributed by atoms with Crippen molar-refractivity contribution in [1.29, 1.82) is 0 Å². The predicted molar refractivity (Wildman–Crippen MR) is 89.0 cm³/mol. The van der Waals surface area contributed by atoms with Crippen LogP contribution in [0, 0.1) is 5.92 Å². The van der Waals surface area contributed by atoms with E-state index in [1.807, 2.05) is 42.2 Å². The highest BCUT2D eigenvalue weighted by atomic mass is 16.5. The third-order valence-corrected chi connectivity index (χ3v) is 4.26. The zero-order chi connectivity index (χ0) is 16.2. The van der Waals surface area contributed by atoms with Gasteiger partial charge in [-0.2, -0.15) is 5.10 Å². The van der Waals surface area contributed by atoms with Gasteiger partial charge in [0.1, 0.15) is 0 Å². The molecule has 0 radical (unpaired) electrons. The topological polar surface area (TPSA) is 47.4 Å². The first-order valence-electron chi connectivity index (χ1n) is 8.26. The third kappa shape index (κ3) is 3.38. The average molecular weight is 313 g/mol. The number of ether oxygens (including phenoxy) is 1. The van der Waals surface area contributed by atoms with E-state index in [4.69, 9.17) is 4.74 Å². The van der Waals surface area contributed by atoms with E-state index in [2.05, 4.69) is 12.0 Å². The Labute approximate surface area is 136 Å². The number of piperidine rings is 1. The van der Waals surface area contributed by atoms with Gasteiger partial charge in [-0.05, 0) is 37.8 Å². The largest absolute Gasteiger partial charge is 0.478 e. The second-order valence-electron chi connectivity index (χ2n) is 6.02.